The largest absolute Gasteiger partial charge is 0.490 e. The topological polar surface area (TPSA) is 18.5 Å². The van der Waals surface area contributed by atoms with E-state index in [2.05, 4.69) is 18.7 Å². The smallest absolute Gasteiger partial charge is 0.178 e. The highest BCUT2D eigenvalue weighted by atomic mass is 28.3. The maximum absolute atomic E-state index is 5.35. The molecular formula is C9H14O2Si2. The van der Waals surface area contributed by atoms with E-state index in [1.54, 1.807) is 6.08 Å². The first-order chi connectivity index (χ1) is 6.36. The molecule has 0 saturated carbocycles. The minimum atomic E-state index is -0.450. The van der Waals surface area contributed by atoms with Crippen LogP contribution in [-0.2, 0) is 4.12 Å². The minimum absolute atomic E-state index is 0.450. The van der Waals surface area contributed by atoms with Crippen molar-refractivity contribution in [2.75, 3.05) is 6.61 Å². The molecule has 0 aliphatic carbocycles. The standard InChI is InChI=1S/C9H14O2Si2/c1-2-7-10-8-3-5-9(6-4-8)13-11-12/h2-6H,1,7,13H2,12H3. The van der Waals surface area contributed by atoms with Crippen LogP contribution in [0.25, 0.3) is 0 Å². The summed E-state index contributed by atoms with van der Waals surface area (Å²) in [5.41, 5.74) is 0. The highest BCUT2D eigenvalue weighted by molar-refractivity contribution is 6.50. The molecular weight excluding hydrogens is 196 g/mol. The molecule has 0 spiro atoms. The second-order valence-electron chi connectivity index (χ2n) is 2.68. The second kappa shape index (κ2) is 5.74. The van der Waals surface area contributed by atoms with Crippen LogP contribution in [0.15, 0.2) is 36.9 Å². The average molecular weight is 210 g/mol. The quantitative estimate of drug-likeness (QED) is 0.471. The Bertz CT molecular complexity index is 259. The Morgan fingerprint density at radius 1 is 1.38 bits per heavy atom. The molecule has 0 bridgehead atoms. The van der Waals surface area contributed by atoms with Crippen molar-refractivity contribution in [1.82, 2.24) is 0 Å². The Labute approximate surface area is 84.1 Å². The van der Waals surface area contributed by atoms with E-state index in [1.807, 2.05) is 12.1 Å². The van der Waals surface area contributed by atoms with Crippen LogP contribution in [0, 0.1) is 0 Å². The third kappa shape index (κ3) is 3.58. The fourth-order valence-corrected chi connectivity index (χ4v) is 2.77. The number of ether oxygens (including phenoxy) is 1. The van der Waals surface area contributed by atoms with Gasteiger partial charge in [0.2, 0.25) is 0 Å². The van der Waals surface area contributed by atoms with Crippen molar-refractivity contribution >= 4 is 25.4 Å². The van der Waals surface area contributed by atoms with Crippen LogP contribution in [-0.4, -0.2) is 26.9 Å². The minimum Gasteiger partial charge on any atom is -0.490 e. The number of hydrogen-bond donors (Lipinski definition) is 0. The number of benzene rings is 1. The Morgan fingerprint density at radius 2 is 2.08 bits per heavy atom. The Kier molecular flexibility index (Phi) is 4.52. The summed E-state index contributed by atoms with van der Waals surface area (Å²) < 4.78 is 10.6. The molecule has 2 nitrogen and oxygen atoms in total. The normalized spacial score (nSPS) is 10.8. The number of hydrogen-bond acceptors (Lipinski definition) is 2. The summed E-state index contributed by atoms with van der Waals surface area (Å²) >= 11 is 0. The zero-order valence-corrected chi connectivity index (χ0v) is 11.2. The molecule has 70 valence electrons. The van der Waals surface area contributed by atoms with Crippen LogP contribution >= 0.6 is 0 Å². The SMILES string of the molecule is C=CCOc1ccc([SiH2]O[SiH3])cc1. The van der Waals surface area contributed by atoms with Crippen LogP contribution in [0.4, 0.5) is 0 Å². The van der Waals surface area contributed by atoms with E-state index < -0.39 is 9.76 Å². The van der Waals surface area contributed by atoms with Crippen molar-refractivity contribution in [3.8, 4) is 5.75 Å². The van der Waals surface area contributed by atoms with Gasteiger partial charge < -0.3 is 8.85 Å². The van der Waals surface area contributed by atoms with Gasteiger partial charge in [-0.25, -0.2) is 0 Å². The van der Waals surface area contributed by atoms with Gasteiger partial charge >= 0.3 is 0 Å². The van der Waals surface area contributed by atoms with Gasteiger partial charge in [0.05, 0.1) is 0 Å². The predicted octanol–water partition coefficient (Wildman–Crippen LogP) is -0.742. The van der Waals surface area contributed by atoms with Gasteiger partial charge in [-0.15, -0.1) is 0 Å². The van der Waals surface area contributed by atoms with Gasteiger partial charge in [0.25, 0.3) is 0 Å². The molecule has 0 radical (unpaired) electrons. The van der Waals surface area contributed by atoms with Gasteiger partial charge in [-0.3, -0.25) is 0 Å². The summed E-state index contributed by atoms with van der Waals surface area (Å²) in [7, 11) is 0.391. The first-order valence-corrected chi connectivity index (χ1v) is 6.28. The lowest BCUT2D eigenvalue weighted by Gasteiger charge is -2.03. The molecule has 0 aliphatic heterocycles. The molecule has 0 unspecified atom stereocenters. The lowest BCUT2D eigenvalue weighted by atomic mass is 10.3. The van der Waals surface area contributed by atoms with E-state index in [1.165, 1.54) is 5.19 Å². The van der Waals surface area contributed by atoms with Crippen molar-refractivity contribution in [3.05, 3.63) is 36.9 Å². The van der Waals surface area contributed by atoms with Gasteiger partial charge in [0, 0.05) is 0 Å². The zero-order chi connectivity index (χ0) is 9.52. The molecule has 4 heteroatoms. The van der Waals surface area contributed by atoms with Crippen LogP contribution < -0.4 is 9.92 Å². The first kappa shape index (κ1) is 10.2. The zero-order valence-electron chi connectivity index (χ0n) is 7.82. The van der Waals surface area contributed by atoms with E-state index >= 15 is 0 Å². The summed E-state index contributed by atoms with van der Waals surface area (Å²) in [5, 5.41) is 1.32. The van der Waals surface area contributed by atoms with E-state index in [0.717, 1.165) is 16.2 Å². The summed E-state index contributed by atoms with van der Waals surface area (Å²) in [6.07, 6.45) is 1.74. The molecule has 1 aromatic carbocycles. The van der Waals surface area contributed by atoms with E-state index in [4.69, 9.17) is 8.85 Å². The van der Waals surface area contributed by atoms with Crippen molar-refractivity contribution in [3.63, 3.8) is 0 Å². The average Bonchev–Trinajstić information content (AvgIpc) is 2.17. The maximum atomic E-state index is 5.35. The van der Waals surface area contributed by atoms with E-state index in [-0.39, 0.29) is 0 Å². The van der Waals surface area contributed by atoms with Crippen LogP contribution in [0.1, 0.15) is 0 Å². The van der Waals surface area contributed by atoms with Gasteiger partial charge in [-0.1, -0.05) is 24.8 Å². The lowest BCUT2D eigenvalue weighted by Crippen LogP contribution is -2.15. The van der Waals surface area contributed by atoms with Crippen LogP contribution in [0.5, 0.6) is 5.75 Å². The lowest BCUT2D eigenvalue weighted by molar-refractivity contribution is 0.363. The summed E-state index contributed by atoms with van der Waals surface area (Å²) in [6, 6.07) is 8.10. The van der Waals surface area contributed by atoms with Crippen molar-refractivity contribution in [1.29, 1.82) is 0 Å². The van der Waals surface area contributed by atoms with Gasteiger partial charge in [-0.2, -0.15) is 0 Å². The molecule has 0 N–H and O–H groups in total. The Morgan fingerprint density at radius 3 is 2.62 bits per heavy atom. The monoisotopic (exact) mass is 210 g/mol. The molecule has 0 heterocycles. The first-order valence-electron chi connectivity index (χ1n) is 4.18. The van der Waals surface area contributed by atoms with Gasteiger partial charge in [0.15, 0.2) is 9.76 Å². The van der Waals surface area contributed by atoms with E-state index in [0.29, 0.717) is 6.61 Å². The fourth-order valence-electron chi connectivity index (χ4n) is 1.00. The molecule has 0 aliphatic rings. The predicted molar refractivity (Wildman–Crippen MR) is 61.3 cm³/mol. The van der Waals surface area contributed by atoms with Crippen molar-refractivity contribution in [2.24, 2.45) is 0 Å². The molecule has 0 saturated heterocycles. The molecule has 13 heavy (non-hydrogen) atoms. The summed E-state index contributed by atoms with van der Waals surface area (Å²) in [6.45, 7) is 4.15. The van der Waals surface area contributed by atoms with Crippen molar-refractivity contribution in [2.45, 2.75) is 0 Å². The highest BCUT2D eigenvalue weighted by Crippen LogP contribution is 2.06. The molecule has 0 atom stereocenters. The third-order valence-electron chi connectivity index (χ3n) is 1.60. The van der Waals surface area contributed by atoms with Crippen LogP contribution in [0.2, 0.25) is 0 Å². The third-order valence-corrected chi connectivity index (χ3v) is 3.56. The highest BCUT2D eigenvalue weighted by Gasteiger charge is 1.93. The number of rotatable bonds is 5. The molecule has 0 aromatic heterocycles. The van der Waals surface area contributed by atoms with Crippen molar-refractivity contribution < 1.29 is 8.85 Å². The molecule has 1 rings (SSSR count). The summed E-state index contributed by atoms with van der Waals surface area (Å²) in [5.74, 6) is 0.894. The summed E-state index contributed by atoms with van der Waals surface area (Å²) in [4.78, 5) is 0. The van der Waals surface area contributed by atoms with E-state index in [9.17, 15) is 0 Å². The molecule has 0 amide bonds. The second-order valence-corrected chi connectivity index (χ2v) is 6.09. The fraction of sp³-hybridized carbons (Fsp3) is 0.111. The Hall–Kier alpha value is -0.846. The Balaban J connectivity index is 2.53. The molecule has 0 fully saturated rings. The van der Waals surface area contributed by atoms with Gasteiger partial charge in [-0.05, 0) is 17.3 Å². The molecule has 1 aromatic rings. The van der Waals surface area contributed by atoms with Crippen LogP contribution in [0.3, 0.4) is 0 Å². The van der Waals surface area contributed by atoms with Gasteiger partial charge in [0.1, 0.15) is 22.8 Å². The maximum Gasteiger partial charge on any atom is 0.178 e.